The maximum atomic E-state index is 4.32. The summed E-state index contributed by atoms with van der Waals surface area (Å²) < 4.78 is 2.15. The largest absolute Gasteiger partial charge is 0.282 e. The van der Waals surface area contributed by atoms with E-state index in [1.165, 1.54) is 0 Å². The molecule has 0 fully saturated rings. The predicted molar refractivity (Wildman–Crippen MR) is 77.1 cm³/mol. The van der Waals surface area contributed by atoms with E-state index >= 15 is 0 Å². The first-order valence-corrected chi connectivity index (χ1v) is 7.39. The van der Waals surface area contributed by atoms with Gasteiger partial charge in [-0.2, -0.15) is 0 Å². The quantitative estimate of drug-likeness (QED) is 0.788. The molecule has 1 aromatic carbocycles. The molecule has 0 aliphatic carbocycles. The fourth-order valence-corrected chi connectivity index (χ4v) is 2.26. The molecule has 3 nitrogen and oxygen atoms in total. The van der Waals surface area contributed by atoms with Gasteiger partial charge < -0.3 is 0 Å². The van der Waals surface area contributed by atoms with Crippen molar-refractivity contribution in [2.45, 2.75) is 32.0 Å². The SMILES string of the molecule is CC(C)CCc1nnc(CBr)n1-c1ccccc1. The van der Waals surface area contributed by atoms with Crippen molar-refractivity contribution < 1.29 is 0 Å². The van der Waals surface area contributed by atoms with Crippen LogP contribution in [0.15, 0.2) is 30.3 Å². The van der Waals surface area contributed by atoms with E-state index < -0.39 is 0 Å². The van der Waals surface area contributed by atoms with Crippen LogP contribution in [0.3, 0.4) is 0 Å². The fourth-order valence-electron chi connectivity index (χ4n) is 1.90. The second-order valence-corrected chi connectivity index (χ2v) is 5.33. The Morgan fingerprint density at radius 1 is 1.11 bits per heavy atom. The van der Waals surface area contributed by atoms with Crippen LogP contribution in [0.5, 0.6) is 0 Å². The molecular weight excluding hydrogens is 290 g/mol. The van der Waals surface area contributed by atoms with Crippen molar-refractivity contribution in [3.8, 4) is 5.69 Å². The molecule has 0 atom stereocenters. The van der Waals surface area contributed by atoms with Crippen LogP contribution in [0.25, 0.3) is 5.69 Å². The molecule has 4 heteroatoms. The van der Waals surface area contributed by atoms with Crippen molar-refractivity contribution in [1.29, 1.82) is 0 Å². The second-order valence-electron chi connectivity index (χ2n) is 4.77. The molecule has 0 spiro atoms. The number of aromatic nitrogens is 3. The number of hydrogen-bond acceptors (Lipinski definition) is 2. The molecule has 96 valence electrons. The highest BCUT2D eigenvalue weighted by Crippen LogP contribution is 2.17. The lowest BCUT2D eigenvalue weighted by Gasteiger charge is -2.10. The second kappa shape index (κ2) is 6.14. The number of para-hydroxylation sites is 1. The first-order chi connectivity index (χ1) is 8.72. The summed E-state index contributed by atoms with van der Waals surface area (Å²) in [7, 11) is 0. The molecule has 0 unspecified atom stereocenters. The van der Waals surface area contributed by atoms with E-state index in [1.54, 1.807) is 0 Å². The van der Waals surface area contributed by atoms with E-state index in [2.05, 4.69) is 56.7 Å². The van der Waals surface area contributed by atoms with Crippen molar-refractivity contribution in [2.24, 2.45) is 5.92 Å². The molecule has 0 aliphatic heterocycles. The lowest BCUT2D eigenvalue weighted by atomic mass is 10.1. The summed E-state index contributed by atoms with van der Waals surface area (Å²) in [6.45, 7) is 4.46. The molecule has 0 amide bonds. The Kier molecular flexibility index (Phi) is 4.53. The van der Waals surface area contributed by atoms with Crippen molar-refractivity contribution in [3.05, 3.63) is 42.0 Å². The molecule has 0 N–H and O–H groups in total. The molecule has 1 aromatic heterocycles. The van der Waals surface area contributed by atoms with Gasteiger partial charge in [0.25, 0.3) is 0 Å². The van der Waals surface area contributed by atoms with E-state index in [9.17, 15) is 0 Å². The third-order valence-electron chi connectivity index (χ3n) is 2.88. The number of aryl methyl sites for hydroxylation is 1. The summed E-state index contributed by atoms with van der Waals surface area (Å²) in [4.78, 5) is 0. The first kappa shape index (κ1) is 13.3. The van der Waals surface area contributed by atoms with Gasteiger partial charge in [-0.3, -0.25) is 4.57 Å². The summed E-state index contributed by atoms with van der Waals surface area (Å²) in [5.74, 6) is 2.68. The highest BCUT2D eigenvalue weighted by Gasteiger charge is 2.12. The van der Waals surface area contributed by atoms with Crippen LogP contribution in [-0.2, 0) is 11.8 Å². The van der Waals surface area contributed by atoms with Gasteiger partial charge >= 0.3 is 0 Å². The summed E-state index contributed by atoms with van der Waals surface area (Å²) in [6, 6.07) is 10.3. The third-order valence-corrected chi connectivity index (χ3v) is 3.38. The maximum absolute atomic E-state index is 4.32. The van der Waals surface area contributed by atoms with Crippen LogP contribution in [-0.4, -0.2) is 14.8 Å². The summed E-state index contributed by atoms with van der Waals surface area (Å²) in [5.41, 5.74) is 1.13. The molecule has 1 heterocycles. The molecule has 18 heavy (non-hydrogen) atoms. The number of hydrogen-bond donors (Lipinski definition) is 0. The van der Waals surface area contributed by atoms with Crippen LogP contribution in [0.4, 0.5) is 0 Å². The van der Waals surface area contributed by atoms with Gasteiger partial charge in [0, 0.05) is 12.1 Å². The molecule has 0 radical (unpaired) electrons. The zero-order valence-electron chi connectivity index (χ0n) is 10.8. The summed E-state index contributed by atoms with van der Waals surface area (Å²) >= 11 is 3.48. The van der Waals surface area contributed by atoms with Gasteiger partial charge in [0.15, 0.2) is 0 Å². The van der Waals surface area contributed by atoms with Crippen LogP contribution in [0.1, 0.15) is 31.9 Å². The Morgan fingerprint density at radius 2 is 1.78 bits per heavy atom. The van der Waals surface area contributed by atoms with E-state index in [1.807, 2.05) is 18.2 Å². The molecule has 0 saturated carbocycles. The minimum atomic E-state index is 0.679. The van der Waals surface area contributed by atoms with Crippen molar-refractivity contribution in [2.75, 3.05) is 0 Å². The van der Waals surface area contributed by atoms with Gasteiger partial charge in [0.05, 0.1) is 5.33 Å². The minimum absolute atomic E-state index is 0.679. The normalized spacial score (nSPS) is 11.1. The maximum Gasteiger partial charge on any atom is 0.148 e. The van der Waals surface area contributed by atoms with Gasteiger partial charge in [-0.05, 0) is 24.5 Å². The van der Waals surface area contributed by atoms with Crippen molar-refractivity contribution in [1.82, 2.24) is 14.8 Å². The Morgan fingerprint density at radius 3 is 2.39 bits per heavy atom. The monoisotopic (exact) mass is 307 g/mol. The zero-order chi connectivity index (χ0) is 13.0. The predicted octanol–water partition coefficient (Wildman–Crippen LogP) is 3.75. The number of nitrogens with zero attached hydrogens (tertiary/aromatic N) is 3. The van der Waals surface area contributed by atoms with E-state index in [-0.39, 0.29) is 0 Å². The average molecular weight is 308 g/mol. The summed E-state index contributed by atoms with van der Waals surface area (Å²) in [6.07, 6.45) is 2.10. The Hall–Kier alpha value is -1.16. The topological polar surface area (TPSA) is 30.7 Å². The number of alkyl halides is 1. The number of benzene rings is 1. The molecule has 0 bridgehead atoms. The van der Waals surface area contributed by atoms with E-state index in [0.717, 1.165) is 35.5 Å². The lowest BCUT2D eigenvalue weighted by molar-refractivity contribution is 0.570. The smallest absolute Gasteiger partial charge is 0.148 e. The van der Waals surface area contributed by atoms with Crippen molar-refractivity contribution in [3.63, 3.8) is 0 Å². The lowest BCUT2D eigenvalue weighted by Crippen LogP contribution is -2.05. The Bertz CT molecular complexity index is 491. The molecule has 2 rings (SSSR count). The number of rotatable bonds is 5. The Labute approximate surface area is 116 Å². The van der Waals surface area contributed by atoms with Gasteiger partial charge in [0.1, 0.15) is 11.6 Å². The van der Waals surface area contributed by atoms with Gasteiger partial charge in [-0.25, -0.2) is 0 Å². The van der Waals surface area contributed by atoms with Crippen LogP contribution in [0, 0.1) is 5.92 Å². The van der Waals surface area contributed by atoms with Crippen LogP contribution in [0.2, 0.25) is 0 Å². The van der Waals surface area contributed by atoms with Gasteiger partial charge in [0.2, 0.25) is 0 Å². The molecule has 0 saturated heterocycles. The number of halogens is 1. The fraction of sp³-hybridized carbons (Fsp3) is 0.429. The van der Waals surface area contributed by atoms with Crippen LogP contribution < -0.4 is 0 Å². The summed E-state index contributed by atoms with van der Waals surface area (Å²) in [5, 5.41) is 9.29. The first-order valence-electron chi connectivity index (χ1n) is 6.27. The highest BCUT2D eigenvalue weighted by atomic mass is 79.9. The molecule has 2 aromatic rings. The van der Waals surface area contributed by atoms with Gasteiger partial charge in [-0.15, -0.1) is 10.2 Å². The third kappa shape index (κ3) is 2.99. The Balaban J connectivity index is 2.34. The van der Waals surface area contributed by atoms with Crippen LogP contribution >= 0.6 is 15.9 Å². The average Bonchev–Trinajstić information content (AvgIpc) is 2.80. The standard InChI is InChI=1S/C14H18BrN3/c1-11(2)8-9-13-16-17-14(10-15)18(13)12-6-4-3-5-7-12/h3-7,11H,8-10H2,1-2H3. The molecule has 0 aliphatic rings. The molecular formula is C14H18BrN3. The zero-order valence-corrected chi connectivity index (χ0v) is 12.4. The highest BCUT2D eigenvalue weighted by molar-refractivity contribution is 9.08. The minimum Gasteiger partial charge on any atom is -0.282 e. The van der Waals surface area contributed by atoms with E-state index in [4.69, 9.17) is 0 Å². The van der Waals surface area contributed by atoms with Gasteiger partial charge in [-0.1, -0.05) is 48.0 Å². The van der Waals surface area contributed by atoms with Crippen molar-refractivity contribution >= 4 is 15.9 Å². The van der Waals surface area contributed by atoms with E-state index in [0.29, 0.717) is 5.92 Å².